The Labute approximate surface area is 175 Å². The van der Waals surface area contributed by atoms with Crippen LogP contribution in [0.25, 0.3) is 10.1 Å². The van der Waals surface area contributed by atoms with Gasteiger partial charge in [0.25, 0.3) is 5.91 Å². The van der Waals surface area contributed by atoms with Crippen LogP contribution in [0.5, 0.6) is 11.5 Å². The molecule has 0 atom stereocenters. The Morgan fingerprint density at radius 3 is 2.38 bits per heavy atom. The van der Waals surface area contributed by atoms with Crippen LogP contribution in [-0.4, -0.2) is 17.0 Å². The van der Waals surface area contributed by atoms with Crippen molar-refractivity contribution in [2.75, 3.05) is 5.32 Å². The van der Waals surface area contributed by atoms with Gasteiger partial charge in [0.15, 0.2) is 0 Å². The number of carboxylic acids is 1. The third kappa shape index (κ3) is 3.94. The fourth-order valence-corrected chi connectivity index (χ4v) is 4.25. The molecule has 0 aliphatic carbocycles. The summed E-state index contributed by atoms with van der Waals surface area (Å²) in [5, 5.41) is 13.4. The fourth-order valence-electron chi connectivity index (χ4n) is 2.84. The minimum Gasteiger partial charge on any atom is -0.478 e. The number of hydrogen-bond acceptors (Lipinski definition) is 4. The van der Waals surface area contributed by atoms with Crippen LogP contribution in [-0.2, 0) is 0 Å². The first-order chi connectivity index (χ1) is 14.0. The van der Waals surface area contributed by atoms with Gasteiger partial charge in [-0.2, -0.15) is 0 Å². The number of aromatic carboxylic acids is 1. The van der Waals surface area contributed by atoms with Gasteiger partial charge < -0.3 is 15.2 Å². The van der Waals surface area contributed by atoms with Gasteiger partial charge in [0.2, 0.25) is 0 Å². The zero-order valence-electron chi connectivity index (χ0n) is 14.9. The Morgan fingerprint density at radius 2 is 1.66 bits per heavy atom. The highest BCUT2D eigenvalue weighted by molar-refractivity contribution is 7.21. The topological polar surface area (TPSA) is 75.6 Å². The van der Waals surface area contributed by atoms with Crippen LogP contribution >= 0.6 is 22.9 Å². The number of hydrogen-bond donors (Lipinski definition) is 2. The van der Waals surface area contributed by atoms with Crippen LogP contribution < -0.4 is 10.1 Å². The molecule has 0 saturated heterocycles. The maximum absolute atomic E-state index is 12.7. The zero-order valence-corrected chi connectivity index (χ0v) is 16.5. The van der Waals surface area contributed by atoms with Crippen LogP contribution in [0.3, 0.4) is 0 Å². The highest BCUT2D eigenvalue weighted by atomic mass is 35.5. The summed E-state index contributed by atoms with van der Waals surface area (Å²) >= 11 is 7.60. The first kappa shape index (κ1) is 19.0. The third-order valence-corrected chi connectivity index (χ3v) is 5.86. The maximum atomic E-state index is 12.7. The molecule has 0 aliphatic rings. The number of carboxylic acid groups (broad SMARTS) is 1. The SMILES string of the molecule is O=C(O)c1cc(Oc2ccccc2)ccc1NC(=O)c1sc2ccccc2c1Cl. The van der Waals surface area contributed by atoms with E-state index in [0.717, 1.165) is 10.1 Å². The number of halogens is 1. The Morgan fingerprint density at radius 1 is 0.931 bits per heavy atom. The molecule has 7 heteroatoms. The van der Waals surface area contributed by atoms with Crippen LogP contribution in [0.1, 0.15) is 20.0 Å². The van der Waals surface area contributed by atoms with Crippen LogP contribution in [0.15, 0.2) is 72.8 Å². The lowest BCUT2D eigenvalue weighted by molar-refractivity contribution is 0.0697. The molecule has 4 rings (SSSR count). The van der Waals surface area contributed by atoms with Crippen molar-refractivity contribution >= 4 is 50.6 Å². The number of benzene rings is 3. The van der Waals surface area contributed by atoms with E-state index in [-0.39, 0.29) is 11.3 Å². The van der Waals surface area contributed by atoms with E-state index >= 15 is 0 Å². The summed E-state index contributed by atoms with van der Waals surface area (Å²) in [5.74, 6) is -0.708. The van der Waals surface area contributed by atoms with Crippen molar-refractivity contribution in [1.82, 2.24) is 0 Å². The average molecular weight is 424 g/mol. The van der Waals surface area contributed by atoms with Crippen LogP contribution in [0.4, 0.5) is 5.69 Å². The van der Waals surface area contributed by atoms with Gasteiger partial charge in [-0.05, 0) is 36.4 Å². The van der Waals surface area contributed by atoms with Gasteiger partial charge in [-0.15, -0.1) is 11.3 Å². The van der Waals surface area contributed by atoms with Gasteiger partial charge in [-0.3, -0.25) is 4.79 Å². The summed E-state index contributed by atoms with van der Waals surface area (Å²) in [6.07, 6.45) is 0. The second-order valence-electron chi connectivity index (χ2n) is 6.12. The number of thiophene rings is 1. The molecule has 0 aliphatic heterocycles. The summed E-state index contributed by atoms with van der Waals surface area (Å²) in [5.41, 5.74) is 0.0837. The largest absolute Gasteiger partial charge is 0.478 e. The Balaban J connectivity index is 1.62. The third-order valence-electron chi connectivity index (χ3n) is 4.19. The van der Waals surface area contributed by atoms with E-state index in [0.29, 0.717) is 21.4 Å². The van der Waals surface area contributed by atoms with E-state index in [1.165, 1.54) is 23.5 Å². The Kier molecular flexibility index (Phi) is 5.20. The summed E-state index contributed by atoms with van der Waals surface area (Å²) in [7, 11) is 0. The number of ether oxygens (including phenoxy) is 1. The molecule has 144 valence electrons. The molecule has 0 radical (unpaired) electrons. The van der Waals surface area contributed by atoms with Crippen LogP contribution in [0.2, 0.25) is 5.02 Å². The molecule has 29 heavy (non-hydrogen) atoms. The number of carbonyl (C=O) groups excluding carboxylic acids is 1. The molecule has 1 amide bonds. The number of anilines is 1. The maximum Gasteiger partial charge on any atom is 0.337 e. The summed E-state index contributed by atoms with van der Waals surface area (Å²) in [4.78, 5) is 24.8. The van der Waals surface area contributed by atoms with Gasteiger partial charge in [-0.1, -0.05) is 48.0 Å². The van der Waals surface area contributed by atoms with E-state index in [2.05, 4.69) is 5.32 Å². The number of nitrogens with one attached hydrogen (secondary N) is 1. The lowest BCUT2D eigenvalue weighted by Crippen LogP contribution is -2.14. The van der Waals surface area contributed by atoms with E-state index < -0.39 is 11.9 Å². The molecule has 4 aromatic rings. The van der Waals surface area contributed by atoms with Crippen molar-refractivity contribution in [2.24, 2.45) is 0 Å². The number of amides is 1. The quantitative estimate of drug-likeness (QED) is 0.395. The monoisotopic (exact) mass is 423 g/mol. The highest BCUT2D eigenvalue weighted by Gasteiger charge is 2.20. The van der Waals surface area contributed by atoms with E-state index in [9.17, 15) is 14.7 Å². The lowest BCUT2D eigenvalue weighted by atomic mass is 10.1. The van der Waals surface area contributed by atoms with Gasteiger partial charge >= 0.3 is 5.97 Å². The normalized spacial score (nSPS) is 10.7. The molecule has 0 saturated carbocycles. The van der Waals surface area contributed by atoms with E-state index in [4.69, 9.17) is 16.3 Å². The highest BCUT2D eigenvalue weighted by Crippen LogP contribution is 2.36. The molecule has 3 aromatic carbocycles. The second-order valence-corrected chi connectivity index (χ2v) is 7.55. The lowest BCUT2D eigenvalue weighted by Gasteiger charge is -2.11. The van der Waals surface area contributed by atoms with E-state index in [1.54, 1.807) is 18.2 Å². The predicted octanol–water partition coefficient (Wildman–Crippen LogP) is 6.30. The Bertz CT molecular complexity index is 1220. The van der Waals surface area contributed by atoms with Crippen molar-refractivity contribution in [1.29, 1.82) is 0 Å². The molecule has 2 N–H and O–H groups in total. The van der Waals surface area contributed by atoms with Crippen molar-refractivity contribution in [3.63, 3.8) is 0 Å². The molecule has 1 heterocycles. The van der Waals surface area contributed by atoms with E-state index in [1.807, 2.05) is 42.5 Å². The van der Waals surface area contributed by atoms with Crippen LogP contribution in [0, 0.1) is 0 Å². The minimum absolute atomic E-state index is 0.0796. The first-order valence-corrected chi connectivity index (χ1v) is 9.81. The second kappa shape index (κ2) is 7.95. The molecule has 0 spiro atoms. The van der Waals surface area contributed by atoms with Crippen molar-refractivity contribution in [3.8, 4) is 11.5 Å². The fraction of sp³-hybridized carbons (Fsp3) is 0. The minimum atomic E-state index is -1.18. The zero-order chi connectivity index (χ0) is 20.4. The number of fused-ring (bicyclic) bond motifs is 1. The van der Waals surface area contributed by atoms with Crippen molar-refractivity contribution in [2.45, 2.75) is 0 Å². The number of rotatable bonds is 5. The average Bonchev–Trinajstić information content (AvgIpc) is 3.07. The predicted molar refractivity (Wildman–Crippen MR) is 115 cm³/mol. The van der Waals surface area contributed by atoms with Crippen molar-refractivity contribution in [3.05, 3.63) is 88.3 Å². The first-order valence-electron chi connectivity index (χ1n) is 8.61. The molecule has 0 bridgehead atoms. The smallest absolute Gasteiger partial charge is 0.337 e. The molecular weight excluding hydrogens is 410 g/mol. The van der Waals surface area contributed by atoms with Gasteiger partial charge in [0.05, 0.1) is 16.3 Å². The molecule has 0 unspecified atom stereocenters. The summed E-state index contributed by atoms with van der Waals surface area (Å²) in [6.45, 7) is 0. The molecular formula is C22H14ClNO4S. The van der Waals surface area contributed by atoms with Gasteiger partial charge in [0, 0.05) is 10.1 Å². The molecule has 0 fully saturated rings. The Hall–Kier alpha value is -3.35. The number of para-hydroxylation sites is 1. The summed E-state index contributed by atoms with van der Waals surface area (Å²) in [6, 6.07) is 20.9. The molecule has 1 aromatic heterocycles. The summed E-state index contributed by atoms with van der Waals surface area (Å²) < 4.78 is 6.56. The van der Waals surface area contributed by atoms with Crippen molar-refractivity contribution < 1.29 is 19.4 Å². The molecule has 5 nitrogen and oxygen atoms in total. The standard InChI is InChI=1S/C22H14ClNO4S/c23-19-15-8-4-5-9-18(15)29-20(19)21(25)24-17-11-10-14(12-16(17)22(26)27)28-13-6-2-1-3-7-13/h1-12H,(H,24,25)(H,26,27). The number of carbonyl (C=O) groups is 2. The van der Waals surface area contributed by atoms with Gasteiger partial charge in [-0.25, -0.2) is 4.79 Å². The van der Waals surface area contributed by atoms with Gasteiger partial charge in [0.1, 0.15) is 16.4 Å².